The van der Waals surface area contributed by atoms with Crippen LogP contribution in [0.4, 0.5) is 18.9 Å². The predicted octanol–water partition coefficient (Wildman–Crippen LogP) is 5.71. The van der Waals surface area contributed by atoms with Gasteiger partial charge in [0, 0.05) is 53.6 Å². The van der Waals surface area contributed by atoms with Gasteiger partial charge in [-0.2, -0.15) is 13.2 Å². The van der Waals surface area contributed by atoms with Gasteiger partial charge in [-0.3, -0.25) is 4.98 Å². The highest BCUT2D eigenvalue weighted by molar-refractivity contribution is 6.25. The monoisotopic (exact) mass is 576 g/mol. The fourth-order valence-corrected chi connectivity index (χ4v) is 5.95. The van der Waals surface area contributed by atoms with Crippen molar-refractivity contribution in [3.8, 4) is 16.9 Å². The van der Waals surface area contributed by atoms with Gasteiger partial charge in [0.1, 0.15) is 24.2 Å². The van der Waals surface area contributed by atoms with E-state index in [9.17, 15) is 23.5 Å². The molecule has 42 heavy (non-hydrogen) atoms. The number of rotatable bonds is 8. The first-order valence-corrected chi connectivity index (χ1v) is 14.0. The van der Waals surface area contributed by atoms with Gasteiger partial charge in [0.05, 0.1) is 11.1 Å². The van der Waals surface area contributed by atoms with Crippen LogP contribution in [-0.2, 0) is 6.18 Å². The Kier molecular flexibility index (Phi) is 7.74. The Morgan fingerprint density at radius 2 is 1.76 bits per heavy atom. The van der Waals surface area contributed by atoms with Crippen molar-refractivity contribution in [1.82, 2.24) is 10.3 Å². The third-order valence-corrected chi connectivity index (χ3v) is 8.08. The molecule has 1 saturated heterocycles. The summed E-state index contributed by atoms with van der Waals surface area (Å²) in [4.78, 5) is 6.37. The minimum Gasteiger partial charge on any atom is -0.490 e. The van der Waals surface area contributed by atoms with Crippen molar-refractivity contribution in [1.29, 1.82) is 0 Å². The normalized spacial score (nSPS) is 17.0. The van der Waals surface area contributed by atoms with Crippen molar-refractivity contribution < 1.29 is 28.2 Å². The molecule has 3 aromatic carbocycles. The van der Waals surface area contributed by atoms with Gasteiger partial charge in [0.15, 0.2) is 0 Å². The molecule has 1 aliphatic heterocycles. The predicted molar refractivity (Wildman–Crippen MR) is 155 cm³/mol. The molecule has 218 valence electrons. The maximum atomic E-state index is 13.1. The molecular formula is C32H31F3N4O3. The SMILES string of the molecule is ON=C1c2ccccc2-c2c(OC[C@H](O)CNCC3CCN(c4ccnc5cc(C(F)(F)F)ccc45)CC3)cccc21. The van der Waals surface area contributed by atoms with Crippen molar-refractivity contribution in [2.45, 2.75) is 25.1 Å². The van der Waals surface area contributed by atoms with E-state index in [2.05, 4.69) is 20.4 Å². The summed E-state index contributed by atoms with van der Waals surface area (Å²) >= 11 is 0. The number of oxime groups is 1. The van der Waals surface area contributed by atoms with E-state index in [0.29, 0.717) is 29.4 Å². The van der Waals surface area contributed by atoms with Gasteiger partial charge in [-0.1, -0.05) is 47.6 Å². The Bertz CT molecular complexity index is 1620. The Morgan fingerprint density at radius 1 is 1.00 bits per heavy atom. The van der Waals surface area contributed by atoms with Crippen LogP contribution in [0.3, 0.4) is 0 Å². The first-order valence-electron chi connectivity index (χ1n) is 14.0. The summed E-state index contributed by atoms with van der Waals surface area (Å²) in [5.41, 5.74) is 4.48. The summed E-state index contributed by atoms with van der Waals surface area (Å²) in [5.74, 6) is 1.05. The number of piperidine rings is 1. The number of pyridine rings is 1. The minimum atomic E-state index is -4.40. The molecule has 1 atom stereocenters. The molecule has 4 aromatic rings. The van der Waals surface area contributed by atoms with E-state index in [1.807, 2.05) is 48.5 Å². The second-order valence-corrected chi connectivity index (χ2v) is 10.8. The van der Waals surface area contributed by atoms with E-state index >= 15 is 0 Å². The molecule has 10 heteroatoms. The lowest BCUT2D eigenvalue weighted by atomic mass is 9.96. The number of nitrogens with zero attached hydrogens (tertiary/aromatic N) is 3. The second kappa shape index (κ2) is 11.6. The van der Waals surface area contributed by atoms with Gasteiger partial charge in [0.2, 0.25) is 0 Å². The molecule has 1 aromatic heterocycles. The summed E-state index contributed by atoms with van der Waals surface area (Å²) in [6.07, 6.45) is -1.70. The molecule has 6 rings (SSSR count). The van der Waals surface area contributed by atoms with E-state index in [-0.39, 0.29) is 6.61 Å². The summed E-state index contributed by atoms with van der Waals surface area (Å²) in [5, 5.41) is 27.8. The third-order valence-electron chi connectivity index (χ3n) is 8.08. The topological polar surface area (TPSA) is 90.2 Å². The average Bonchev–Trinajstić information content (AvgIpc) is 3.33. The van der Waals surface area contributed by atoms with Gasteiger partial charge in [-0.25, -0.2) is 0 Å². The lowest BCUT2D eigenvalue weighted by molar-refractivity contribution is -0.137. The molecule has 2 aliphatic rings. The fourth-order valence-electron chi connectivity index (χ4n) is 5.95. The number of anilines is 1. The van der Waals surface area contributed by atoms with Crippen molar-refractivity contribution in [2.75, 3.05) is 37.7 Å². The minimum absolute atomic E-state index is 0.112. The van der Waals surface area contributed by atoms with Crippen molar-refractivity contribution in [3.63, 3.8) is 0 Å². The number of hydrogen-bond acceptors (Lipinski definition) is 7. The van der Waals surface area contributed by atoms with Gasteiger partial charge in [-0.15, -0.1) is 0 Å². The Balaban J connectivity index is 0.996. The van der Waals surface area contributed by atoms with Gasteiger partial charge >= 0.3 is 6.18 Å². The van der Waals surface area contributed by atoms with Crippen LogP contribution in [0.2, 0.25) is 0 Å². The molecule has 3 N–H and O–H groups in total. The Labute approximate surface area is 241 Å². The number of ether oxygens (including phenoxy) is 1. The Morgan fingerprint density at radius 3 is 2.52 bits per heavy atom. The molecular weight excluding hydrogens is 545 g/mol. The van der Waals surface area contributed by atoms with Gasteiger partial charge < -0.3 is 25.3 Å². The van der Waals surface area contributed by atoms with E-state index in [0.717, 1.165) is 77.9 Å². The van der Waals surface area contributed by atoms with Crippen LogP contribution >= 0.6 is 0 Å². The van der Waals surface area contributed by atoms with Crippen LogP contribution in [0, 0.1) is 5.92 Å². The first kappa shape index (κ1) is 28.0. The first-order chi connectivity index (χ1) is 20.3. The number of aromatic nitrogens is 1. The number of nitrogens with one attached hydrogen (secondary N) is 1. The maximum Gasteiger partial charge on any atom is 0.416 e. The summed E-state index contributed by atoms with van der Waals surface area (Å²) in [7, 11) is 0. The fraction of sp³-hybridized carbons (Fsp3) is 0.312. The van der Waals surface area contributed by atoms with Gasteiger partial charge in [-0.05, 0) is 55.1 Å². The van der Waals surface area contributed by atoms with E-state index < -0.39 is 17.8 Å². The zero-order valence-corrected chi connectivity index (χ0v) is 22.8. The molecule has 0 saturated carbocycles. The second-order valence-electron chi connectivity index (χ2n) is 10.8. The van der Waals surface area contributed by atoms with Crippen LogP contribution < -0.4 is 15.0 Å². The summed E-state index contributed by atoms with van der Waals surface area (Å²) in [6.45, 7) is 2.82. The largest absolute Gasteiger partial charge is 0.490 e. The maximum absolute atomic E-state index is 13.1. The molecule has 0 spiro atoms. The van der Waals surface area contributed by atoms with Crippen LogP contribution in [0.15, 0.2) is 78.1 Å². The summed E-state index contributed by atoms with van der Waals surface area (Å²) < 4.78 is 45.4. The smallest absolute Gasteiger partial charge is 0.416 e. The van der Waals surface area contributed by atoms with Crippen LogP contribution in [0.1, 0.15) is 29.5 Å². The highest BCUT2D eigenvalue weighted by atomic mass is 19.4. The number of fused-ring (bicyclic) bond motifs is 4. The van der Waals surface area contributed by atoms with E-state index in [1.54, 1.807) is 6.20 Å². The van der Waals surface area contributed by atoms with Crippen molar-refractivity contribution in [3.05, 3.63) is 89.6 Å². The number of halogens is 3. The standard InChI is InChI=1S/C32H31F3N4O3/c33-32(34,35)21-8-9-25-27(16-21)37-13-10-28(25)39-14-11-20(12-15-39)17-36-18-22(40)19-42-29-7-3-6-26-30(29)23-4-1-2-5-24(23)31(26)38-41/h1-10,13,16,20,22,36,40-41H,11-12,14-15,17-19H2/t22-/m1/s1. The van der Waals surface area contributed by atoms with Crippen LogP contribution in [-0.4, -0.2) is 59.9 Å². The highest BCUT2D eigenvalue weighted by Crippen LogP contribution is 2.43. The number of aliphatic hydroxyl groups is 1. The molecule has 0 radical (unpaired) electrons. The number of alkyl halides is 3. The average molecular weight is 577 g/mol. The number of benzene rings is 3. The van der Waals surface area contributed by atoms with Crippen molar-refractivity contribution >= 4 is 22.3 Å². The molecule has 0 amide bonds. The molecule has 2 heterocycles. The van der Waals surface area contributed by atoms with Crippen LogP contribution in [0.5, 0.6) is 5.75 Å². The number of aliphatic hydroxyl groups excluding tert-OH is 1. The number of hydrogen-bond donors (Lipinski definition) is 3. The van der Waals surface area contributed by atoms with E-state index in [4.69, 9.17) is 4.74 Å². The zero-order valence-electron chi connectivity index (χ0n) is 22.8. The molecule has 0 bridgehead atoms. The van der Waals surface area contributed by atoms with E-state index in [1.165, 1.54) is 6.07 Å². The molecule has 1 fully saturated rings. The Hall–Kier alpha value is -4.15. The quantitative estimate of drug-likeness (QED) is 0.162. The lowest BCUT2D eigenvalue weighted by Crippen LogP contribution is -2.39. The van der Waals surface area contributed by atoms with Crippen molar-refractivity contribution in [2.24, 2.45) is 11.1 Å². The lowest BCUT2D eigenvalue weighted by Gasteiger charge is -2.34. The zero-order chi connectivity index (χ0) is 29.3. The molecule has 0 unspecified atom stereocenters. The molecule has 7 nitrogen and oxygen atoms in total. The van der Waals surface area contributed by atoms with Crippen LogP contribution in [0.25, 0.3) is 22.0 Å². The summed E-state index contributed by atoms with van der Waals surface area (Å²) in [6, 6.07) is 18.9. The van der Waals surface area contributed by atoms with Gasteiger partial charge in [0.25, 0.3) is 0 Å². The third kappa shape index (κ3) is 5.52. The molecule has 1 aliphatic carbocycles. The highest BCUT2D eigenvalue weighted by Gasteiger charge is 2.31.